The van der Waals surface area contributed by atoms with Crippen LogP contribution < -0.4 is 0 Å². The summed E-state index contributed by atoms with van der Waals surface area (Å²) in [5.74, 6) is 0. The lowest BCUT2D eigenvalue weighted by Crippen LogP contribution is -2.46. The fraction of sp³-hybridized carbons (Fsp3) is 1.00. The van der Waals surface area contributed by atoms with Crippen molar-refractivity contribution in [3.05, 3.63) is 0 Å². The van der Waals surface area contributed by atoms with Gasteiger partial charge in [0.25, 0.3) is 0 Å². The SMILES string of the molecule is CCN1CCC(N(C)CCCN2CCC(N(CC)CC)CC2)CC1. The number of likely N-dealkylation sites (tertiary alicyclic amines) is 2. The van der Waals surface area contributed by atoms with Gasteiger partial charge < -0.3 is 19.6 Å². The Morgan fingerprint density at radius 3 is 1.88 bits per heavy atom. The third kappa shape index (κ3) is 5.98. The molecule has 0 aliphatic carbocycles. The first-order valence-corrected chi connectivity index (χ1v) is 10.6. The van der Waals surface area contributed by atoms with Crippen LogP contribution in [0.3, 0.4) is 0 Å². The van der Waals surface area contributed by atoms with Crippen LogP contribution in [0, 0.1) is 0 Å². The van der Waals surface area contributed by atoms with Crippen LogP contribution in [0.25, 0.3) is 0 Å². The standard InChI is InChI=1S/C20H42N4/c1-5-22-15-9-19(10-16-22)21(4)13-8-14-23-17-11-20(12-18-23)24(6-2)7-3/h19-20H,5-18H2,1-4H3. The zero-order valence-electron chi connectivity index (χ0n) is 16.8. The lowest BCUT2D eigenvalue weighted by molar-refractivity contribution is 0.105. The molecule has 0 aromatic heterocycles. The third-order valence-electron chi connectivity index (χ3n) is 6.50. The van der Waals surface area contributed by atoms with Gasteiger partial charge in [0.1, 0.15) is 0 Å². The Balaban J connectivity index is 1.58. The number of nitrogens with zero attached hydrogens (tertiary/aromatic N) is 4. The first kappa shape index (κ1) is 20.2. The summed E-state index contributed by atoms with van der Waals surface area (Å²) in [7, 11) is 2.35. The molecule has 2 heterocycles. The van der Waals surface area contributed by atoms with Crippen molar-refractivity contribution in [2.75, 3.05) is 66.0 Å². The summed E-state index contributed by atoms with van der Waals surface area (Å²) in [5.41, 5.74) is 0. The van der Waals surface area contributed by atoms with Gasteiger partial charge in [0, 0.05) is 12.1 Å². The van der Waals surface area contributed by atoms with Crippen molar-refractivity contribution in [1.29, 1.82) is 0 Å². The number of hydrogen-bond donors (Lipinski definition) is 0. The van der Waals surface area contributed by atoms with E-state index in [0.29, 0.717) is 0 Å². The van der Waals surface area contributed by atoms with Gasteiger partial charge >= 0.3 is 0 Å². The topological polar surface area (TPSA) is 13.0 Å². The Morgan fingerprint density at radius 2 is 1.33 bits per heavy atom. The quantitative estimate of drug-likeness (QED) is 0.640. The zero-order chi connectivity index (χ0) is 17.4. The Hall–Kier alpha value is -0.160. The first-order valence-electron chi connectivity index (χ1n) is 10.6. The molecule has 0 amide bonds. The van der Waals surface area contributed by atoms with Gasteiger partial charge in [0.2, 0.25) is 0 Å². The van der Waals surface area contributed by atoms with Crippen LogP contribution in [0.15, 0.2) is 0 Å². The monoisotopic (exact) mass is 338 g/mol. The zero-order valence-corrected chi connectivity index (χ0v) is 16.8. The van der Waals surface area contributed by atoms with Crippen molar-refractivity contribution < 1.29 is 0 Å². The van der Waals surface area contributed by atoms with Crippen molar-refractivity contribution >= 4 is 0 Å². The van der Waals surface area contributed by atoms with E-state index in [2.05, 4.69) is 47.4 Å². The molecule has 2 rings (SSSR count). The Bertz CT molecular complexity index is 316. The molecule has 2 fully saturated rings. The van der Waals surface area contributed by atoms with Crippen LogP contribution in [0.5, 0.6) is 0 Å². The maximum absolute atomic E-state index is 2.70. The van der Waals surface area contributed by atoms with Crippen LogP contribution in [0.1, 0.15) is 52.9 Å². The van der Waals surface area contributed by atoms with Crippen molar-refractivity contribution in [3.8, 4) is 0 Å². The van der Waals surface area contributed by atoms with Gasteiger partial charge in [-0.15, -0.1) is 0 Å². The van der Waals surface area contributed by atoms with E-state index >= 15 is 0 Å². The van der Waals surface area contributed by atoms with Crippen LogP contribution in [-0.4, -0.2) is 97.6 Å². The number of rotatable bonds is 9. The normalized spacial score (nSPS) is 22.8. The largest absolute Gasteiger partial charge is 0.303 e. The molecule has 0 radical (unpaired) electrons. The molecule has 0 atom stereocenters. The Morgan fingerprint density at radius 1 is 0.792 bits per heavy atom. The fourth-order valence-corrected chi connectivity index (χ4v) is 4.65. The number of piperidine rings is 2. The molecule has 2 aliphatic rings. The van der Waals surface area contributed by atoms with Gasteiger partial charge in [-0.2, -0.15) is 0 Å². The van der Waals surface area contributed by atoms with Gasteiger partial charge in [-0.1, -0.05) is 20.8 Å². The van der Waals surface area contributed by atoms with Crippen LogP contribution in [-0.2, 0) is 0 Å². The van der Waals surface area contributed by atoms with Gasteiger partial charge in [-0.05, 0) is 98.1 Å². The molecular weight excluding hydrogens is 296 g/mol. The smallest absolute Gasteiger partial charge is 0.0119 e. The average molecular weight is 339 g/mol. The maximum Gasteiger partial charge on any atom is 0.0119 e. The molecule has 2 saturated heterocycles. The van der Waals surface area contributed by atoms with Gasteiger partial charge in [0.05, 0.1) is 0 Å². The predicted octanol–water partition coefficient (Wildman–Crippen LogP) is 2.60. The van der Waals surface area contributed by atoms with Gasteiger partial charge in [-0.25, -0.2) is 0 Å². The molecule has 0 N–H and O–H groups in total. The molecule has 24 heavy (non-hydrogen) atoms. The van der Waals surface area contributed by atoms with E-state index < -0.39 is 0 Å². The Kier molecular flexibility index (Phi) is 9.02. The molecule has 2 aliphatic heterocycles. The van der Waals surface area contributed by atoms with Crippen LogP contribution in [0.4, 0.5) is 0 Å². The fourth-order valence-electron chi connectivity index (χ4n) is 4.65. The van der Waals surface area contributed by atoms with Crippen LogP contribution >= 0.6 is 0 Å². The van der Waals surface area contributed by atoms with Gasteiger partial charge in [0.15, 0.2) is 0 Å². The molecule has 0 unspecified atom stereocenters. The second kappa shape index (κ2) is 10.7. The van der Waals surface area contributed by atoms with E-state index in [-0.39, 0.29) is 0 Å². The highest BCUT2D eigenvalue weighted by atomic mass is 15.2. The molecule has 142 valence electrons. The molecule has 0 aromatic carbocycles. The third-order valence-corrected chi connectivity index (χ3v) is 6.50. The summed E-state index contributed by atoms with van der Waals surface area (Å²) in [5, 5.41) is 0. The van der Waals surface area contributed by atoms with E-state index in [0.717, 1.165) is 12.1 Å². The maximum atomic E-state index is 2.70. The summed E-state index contributed by atoms with van der Waals surface area (Å²) in [6, 6.07) is 1.66. The second-order valence-electron chi connectivity index (χ2n) is 7.79. The summed E-state index contributed by atoms with van der Waals surface area (Å²) < 4.78 is 0. The molecule has 0 spiro atoms. The summed E-state index contributed by atoms with van der Waals surface area (Å²) in [6.45, 7) is 18.3. The molecule has 4 heteroatoms. The van der Waals surface area contributed by atoms with E-state index in [1.165, 1.54) is 91.0 Å². The molecule has 4 nitrogen and oxygen atoms in total. The van der Waals surface area contributed by atoms with E-state index in [1.54, 1.807) is 0 Å². The lowest BCUT2D eigenvalue weighted by Gasteiger charge is -2.38. The van der Waals surface area contributed by atoms with Crippen molar-refractivity contribution in [2.45, 2.75) is 65.0 Å². The van der Waals surface area contributed by atoms with Crippen molar-refractivity contribution in [2.24, 2.45) is 0 Å². The van der Waals surface area contributed by atoms with Crippen molar-refractivity contribution in [1.82, 2.24) is 19.6 Å². The highest BCUT2D eigenvalue weighted by molar-refractivity contribution is 4.80. The highest BCUT2D eigenvalue weighted by Gasteiger charge is 2.24. The molecule has 0 aromatic rings. The molecule has 0 bridgehead atoms. The summed E-state index contributed by atoms with van der Waals surface area (Å²) in [6.07, 6.45) is 6.79. The first-order chi connectivity index (χ1) is 11.7. The number of hydrogen-bond acceptors (Lipinski definition) is 4. The van der Waals surface area contributed by atoms with E-state index in [4.69, 9.17) is 0 Å². The minimum absolute atomic E-state index is 0.821. The minimum atomic E-state index is 0.821. The van der Waals surface area contributed by atoms with E-state index in [1.807, 2.05) is 0 Å². The molecular formula is C20H42N4. The highest BCUT2D eigenvalue weighted by Crippen LogP contribution is 2.18. The molecule has 0 saturated carbocycles. The lowest BCUT2D eigenvalue weighted by atomic mass is 10.0. The Labute approximate surface area is 151 Å². The predicted molar refractivity (Wildman–Crippen MR) is 105 cm³/mol. The second-order valence-corrected chi connectivity index (χ2v) is 7.79. The average Bonchev–Trinajstić information content (AvgIpc) is 2.64. The summed E-state index contributed by atoms with van der Waals surface area (Å²) >= 11 is 0. The summed E-state index contributed by atoms with van der Waals surface area (Å²) in [4.78, 5) is 10.6. The van der Waals surface area contributed by atoms with Crippen molar-refractivity contribution in [3.63, 3.8) is 0 Å². The van der Waals surface area contributed by atoms with Crippen LogP contribution in [0.2, 0.25) is 0 Å². The van der Waals surface area contributed by atoms with Gasteiger partial charge in [-0.3, -0.25) is 0 Å². The minimum Gasteiger partial charge on any atom is -0.303 e. The van der Waals surface area contributed by atoms with E-state index in [9.17, 15) is 0 Å².